The van der Waals surface area contributed by atoms with Crippen molar-refractivity contribution in [2.45, 2.75) is 17.8 Å². The summed E-state index contributed by atoms with van der Waals surface area (Å²) in [5.41, 5.74) is 0. The van der Waals surface area contributed by atoms with Gasteiger partial charge in [0.1, 0.15) is 6.17 Å². The Hall–Kier alpha value is 0.240. The van der Waals surface area contributed by atoms with E-state index in [-0.39, 0.29) is 11.9 Å². The van der Waals surface area contributed by atoms with Crippen LogP contribution in [0.2, 0.25) is 0 Å². The van der Waals surface area contributed by atoms with Crippen LogP contribution in [0.5, 0.6) is 0 Å². The maximum Gasteiger partial charge on any atom is 0.110 e. The van der Waals surface area contributed by atoms with E-state index in [0.29, 0.717) is 12.2 Å². The molecule has 3 heteroatoms. The van der Waals surface area contributed by atoms with E-state index in [1.807, 2.05) is 0 Å². The smallest absolute Gasteiger partial charge is 0.110 e. The van der Waals surface area contributed by atoms with Crippen LogP contribution < -0.4 is 0 Å². The van der Waals surface area contributed by atoms with Gasteiger partial charge in [-0.05, 0) is 6.42 Å². The molecule has 0 aliphatic carbocycles. The van der Waals surface area contributed by atoms with Gasteiger partial charge in [-0.3, -0.25) is 0 Å². The van der Waals surface area contributed by atoms with Crippen LogP contribution in [0.4, 0.5) is 4.39 Å². The monoisotopic (exact) mass is 136 g/mol. The summed E-state index contributed by atoms with van der Waals surface area (Å²) in [5.74, 6) is 0.575. The van der Waals surface area contributed by atoms with Gasteiger partial charge in [-0.2, -0.15) is 11.8 Å². The fraction of sp³-hybridized carbons (Fsp3) is 1.00. The standard InChI is InChI=1S/C5H9FOS/c6-4-1-5(2-7)8-3-4/h4-5,7H,1-3H2/t4-,5-/m0/s1. The molecule has 1 saturated heterocycles. The lowest BCUT2D eigenvalue weighted by Gasteiger charge is -1.98. The summed E-state index contributed by atoms with van der Waals surface area (Å²) in [6.45, 7) is 0.130. The van der Waals surface area contributed by atoms with Crippen molar-refractivity contribution >= 4 is 11.8 Å². The molecule has 1 N–H and O–H groups in total. The summed E-state index contributed by atoms with van der Waals surface area (Å²) < 4.78 is 12.2. The SMILES string of the molecule is OC[C@@H]1C[C@H](F)CS1. The van der Waals surface area contributed by atoms with E-state index in [2.05, 4.69) is 0 Å². The van der Waals surface area contributed by atoms with Crippen LogP contribution in [-0.2, 0) is 0 Å². The molecule has 0 saturated carbocycles. The van der Waals surface area contributed by atoms with Gasteiger partial charge in [0, 0.05) is 11.0 Å². The molecule has 0 amide bonds. The molecule has 0 unspecified atom stereocenters. The largest absolute Gasteiger partial charge is 0.395 e. The van der Waals surface area contributed by atoms with E-state index in [0.717, 1.165) is 0 Å². The van der Waals surface area contributed by atoms with Gasteiger partial charge in [0.25, 0.3) is 0 Å². The molecule has 8 heavy (non-hydrogen) atoms. The summed E-state index contributed by atoms with van der Waals surface area (Å²) in [6, 6.07) is 0. The van der Waals surface area contributed by atoms with Crippen molar-refractivity contribution in [3.05, 3.63) is 0 Å². The van der Waals surface area contributed by atoms with Gasteiger partial charge in [-0.15, -0.1) is 0 Å². The summed E-state index contributed by atoms with van der Waals surface area (Å²) in [4.78, 5) is 0. The van der Waals surface area contributed by atoms with Gasteiger partial charge in [0.05, 0.1) is 6.61 Å². The lowest BCUT2D eigenvalue weighted by atomic mass is 10.2. The maximum atomic E-state index is 12.2. The number of hydrogen-bond acceptors (Lipinski definition) is 2. The average Bonchev–Trinajstić information content (AvgIpc) is 2.14. The maximum absolute atomic E-state index is 12.2. The first kappa shape index (κ1) is 6.36. The summed E-state index contributed by atoms with van der Waals surface area (Å²) in [7, 11) is 0. The molecular formula is C5H9FOS. The Morgan fingerprint density at radius 1 is 1.75 bits per heavy atom. The molecule has 1 nitrogen and oxygen atoms in total. The van der Waals surface area contributed by atoms with Crippen LogP contribution in [0.25, 0.3) is 0 Å². The van der Waals surface area contributed by atoms with Gasteiger partial charge in [-0.25, -0.2) is 4.39 Å². The van der Waals surface area contributed by atoms with Crippen molar-refractivity contribution in [1.29, 1.82) is 0 Å². The quantitative estimate of drug-likeness (QED) is 0.576. The van der Waals surface area contributed by atoms with Crippen molar-refractivity contribution in [2.75, 3.05) is 12.4 Å². The number of aliphatic hydroxyl groups is 1. The molecule has 0 aromatic rings. The Morgan fingerprint density at radius 3 is 2.75 bits per heavy atom. The zero-order valence-corrected chi connectivity index (χ0v) is 5.33. The molecule has 0 spiro atoms. The fourth-order valence-electron chi connectivity index (χ4n) is 0.789. The van der Waals surface area contributed by atoms with Crippen molar-refractivity contribution in [3.63, 3.8) is 0 Å². The minimum atomic E-state index is -0.669. The second-order valence-electron chi connectivity index (χ2n) is 1.97. The molecule has 0 radical (unpaired) electrons. The van der Waals surface area contributed by atoms with E-state index in [9.17, 15) is 4.39 Å². The molecule has 1 fully saturated rings. The second kappa shape index (κ2) is 2.69. The Kier molecular flexibility index (Phi) is 2.14. The lowest BCUT2D eigenvalue weighted by molar-refractivity contribution is 0.271. The number of halogens is 1. The molecule has 0 bridgehead atoms. The second-order valence-corrected chi connectivity index (χ2v) is 3.30. The van der Waals surface area contributed by atoms with Crippen molar-refractivity contribution in [1.82, 2.24) is 0 Å². The highest BCUT2D eigenvalue weighted by Crippen LogP contribution is 2.27. The third-order valence-corrected chi connectivity index (χ3v) is 2.60. The van der Waals surface area contributed by atoms with Crippen molar-refractivity contribution in [2.24, 2.45) is 0 Å². The van der Waals surface area contributed by atoms with Crippen LogP contribution in [-0.4, -0.2) is 28.9 Å². The summed E-state index contributed by atoms with van der Waals surface area (Å²) in [5, 5.41) is 8.67. The predicted molar refractivity (Wildman–Crippen MR) is 32.8 cm³/mol. The molecule has 0 aromatic heterocycles. The third-order valence-electron chi connectivity index (χ3n) is 1.24. The summed E-state index contributed by atoms with van der Waals surface area (Å²) >= 11 is 1.53. The Balaban J connectivity index is 2.22. The van der Waals surface area contributed by atoms with Crippen LogP contribution >= 0.6 is 11.8 Å². The van der Waals surface area contributed by atoms with Gasteiger partial charge in [0.2, 0.25) is 0 Å². The van der Waals surface area contributed by atoms with E-state index >= 15 is 0 Å². The molecular weight excluding hydrogens is 127 g/mol. The molecule has 0 aromatic carbocycles. The van der Waals surface area contributed by atoms with Crippen LogP contribution in [0.3, 0.4) is 0 Å². The average molecular weight is 136 g/mol. The van der Waals surface area contributed by atoms with Gasteiger partial charge in [0.15, 0.2) is 0 Å². The third kappa shape index (κ3) is 1.36. The highest BCUT2D eigenvalue weighted by atomic mass is 32.2. The first-order chi connectivity index (χ1) is 3.83. The van der Waals surface area contributed by atoms with Crippen LogP contribution in [0.15, 0.2) is 0 Å². The van der Waals surface area contributed by atoms with Crippen molar-refractivity contribution < 1.29 is 9.50 Å². The molecule has 1 aliphatic heterocycles. The molecule has 1 aliphatic rings. The highest BCUT2D eigenvalue weighted by Gasteiger charge is 2.23. The minimum absolute atomic E-state index is 0.130. The first-order valence-corrected chi connectivity index (χ1v) is 3.74. The predicted octanol–water partition coefficient (Wildman–Crippen LogP) is 0.822. The Labute approximate surface area is 52.3 Å². The molecule has 2 atom stereocenters. The molecule has 1 rings (SSSR count). The number of rotatable bonds is 1. The van der Waals surface area contributed by atoms with Gasteiger partial charge < -0.3 is 5.11 Å². The normalized spacial score (nSPS) is 38.2. The van der Waals surface area contributed by atoms with Crippen LogP contribution in [0, 0.1) is 0 Å². The molecule has 48 valence electrons. The topological polar surface area (TPSA) is 20.2 Å². The van der Waals surface area contributed by atoms with E-state index in [1.54, 1.807) is 0 Å². The van der Waals surface area contributed by atoms with Gasteiger partial charge >= 0.3 is 0 Å². The first-order valence-electron chi connectivity index (χ1n) is 2.69. The number of thioether (sulfide) groups is 1. The summed E-state index contributed by atoms with van der Waals surface area (Å²) in [6.07, 6.45) is -0.126. The highest BCUT2D eigenvalue weighted by molar-refractivity contribution is 8.00. The van der Waals surface area contributed by atoms with E-state index in [1.165, 1.54) is 11.8 Å². The molecule has 1 heterocycles. The zero-order chi connectivity index (χ0) is 5.98. The van der Waals surface area contributed by atoms with Crippen molar-refractivity contribution in [3.8, 4) is 0 Å². The fourth-order valence-corrected chi connectivity index (χ4v) is 1.86. The number of aliphatic hydroxyl groups excluding tert-OH is 1. The van der Waals surface area contributed by atoms with Gasteiger partial charge in [-0.1, -0.05) is 0 Å². The van der Waals surface area contributed by atoms with Crippen LogP contribution in [0.1, 0.15) is 6.42 Å². The lowest BCUT2D eigenvalue weighted by Crippen LogP contribution is -2.05. The number of alkyl halides is 1. The Bertz CT molecular complexity index is 78.8. The number of hydrogen-bond donors (Lipinski definition) is 1. The zero-order valence-electron chi connectivity index (χ0n) is 4.51. The van der Waals surface area contributed by atoms with E-state index < -0.39 is 6.17 Å². The Morgan fingerprint density at radius 2 is 2.50 bits per heavy atom. The van der Waals surface area contributed by atoms with E-state index in [4.69, 9.17) is 5.11 Å². The minimum Gasteiger partial charge on any atom is -0.395 e.